The van der Waals surface area contributed by atoms with Crippen LogP contribution in [0.5, 0.6) is 0 Å². The van der Waals surface area contributed by atoms with E-state index in [9.17, 15) is 9.59 Å². The third-order valence-electron chi connectivity index (χ3n) is 4.95. The van der Waals surface area contributed by atoms with Gasteiger partial charge in [0.25, 0.3) is 5.56 Å². The predicted molar refractivity (Wildman–Crippen MR) is 123 cm³/mol. The van der Waals surface area contributed by atoms with Crippen LogP contribution in [0.2, 0.25) is 0 Å². The molecule has 0 atom stereocenters. The van der Waals surface area contributed by atoms with Crippen LogP contribution in [0.1, 0.15) is 11.1 Å². The van der Waals surface area contributed by atoms with Gasteiger partial charge in [-0.05, 0) is 55.3 Å². The molecule has 0 aliphatic heterocycles. The zero-order valence-electron chi connectivity index (χ0n) is 16.8. The molecule has 4 rings (SSSR count). The van der Waals surface area contributed by atoms with Crippen molar-refractivity contribution in [3.8, 4) is 5.69 Å². The number of carbonyl (C=O) groups is 1. The molecular formula is C24H21N3O2S. The highest BCUT2D eigenvalue weighted by Crippen LogP contribution is 2.24. The average molecular weight is 416 g/mol. The molecule has 0 saturated carbocycles. The number of para-hydroxylation sites is 2. The highest BCUT2D eigenvalue weighted by Gasteiger charge is 2.16. The summed E-state index contributed by atoms with van der Waals surface area (Å²) < 4.78 is 1.62. The maximum absolute atomic E-state index is 13.4. The third kappa shape index (κ3) is 4.00. The lowest BCUT2D eigenvalue weighted by Gasteiger charge is -2.16. The monoisotopic (exact) mass is 415 g/mol. The van der Waals surface area contributed by atoms with Gasteiger partial charge in [-0.2, -0.15) is 0 Å². The van der Waals surface area contributed by atoms with E-state index >= 15 is 0 Å². The lowest BCUT2D eigenvalue weighted by atomic mass is 10.1. The van der Waals surface area contributed by atoms with Gasteiger partial charge in [0.2, 0.25) is 5.91 Å². The summed E-state index contributed by atoms with van der Waals surface area (Å²) in [5.74, 6) is -0.00835. The molecule has 0 unspecified atom stereocenters. The zero-order valence-corrected chi connectivity index (χ0v) is 17.6. The van der Waals surface area contributed by atoms with Crippen LogP contribution in [-0.2, 0) is 4.79 Å². The largest absolute Gasteiger partial charge is 0.325 e. The Morgan fingerprint density at radius 2 is 1.70 bits per heavy atom. The summed E-state index contributed by atoms with van der Waals surface area (Å²) in [6.07, 6.45) is 0. The van der Waals surface area contributed by atoms with Gasteiger partial charge in [-0.15, -0.1) is 0 Å². The fraction of sp³-hybridized carbons (Fsp3) is 0.125. The van der Waals surface area contributed by atoms with E-state index in [1.54, 1.807) is 10.6 Å². The molecule has 0 radical (unpaired) electrons. The second-order valence-corrected chi connectivity index (χ2v) is 7.92. The number of rotatable bonds is 5. The molecule has 30 heavy (non-hydrogen) atoms. The van der Waals surface area contributed by atoms with Crippen molar-refractivity contribution in [1.29, 1.82) is 0 Å². The summed E-state index contributed by atoms with van der Waals surface area (Å²) >= 11 is 1.25. The second kappa shape index (κ2) is 8.55. The van der Waals surface area contributed by atoms with Crippen molar-refractivity contribution in [2.45, 2.75) is 19.0 Å². The first kappa shape index (κ1) is 19.9. The number of aryl methyl sites for hydroxylation is 1. The molecule has 1 amide bonds. The van der Waals surface area contributed by atoms with E-state index in [2.05, 4.69) is 5.32 Å². The number of anilines is 1. The zero-order chi connectivity index (χ0) is 21.1. The maximum Gasteiger partial charge on any atom is 0.266 e. The van der Waals surface area contributed by atoms with Gasteiger partial charge < -0.3 is 5.32 Å². The summed E-state index contributed by atoms with van der Waals surface area (Å²) in [4.78, 5) is 30.5. The summed E-state index contributed by atoms with van der Waals surface area (Å²) in [6.45, 7) is 4.00. The SMILES string of the molecule is Cc1cccc(-n2c(SCC(=O)Nc3ccccc3)nc3ccccc3c2=O)c1C. The minimum Gasteiger partial charge on any atom is -0.325 e. The van der Waals surface area contributed by atoms with Crippen molar-refractivity contribution in [3.63, 3.8) is 0 Å². The van der Waals surface area contributed by atoms with Gasteiger partial charge in [-0.25, -0.2) is 4.98 Å². The molecular weight excluding hydrogens is 394 g/mol. The van der Waals surface area contributed by atoms with Gasteiger partial charge in [0.05, 0.1) is 22.3 Å². The Hall–Kier alpha value is -3.38. The van der Waals surface area contributed by atoms with Crippen molar-refractivity contribution < 1.29 is 4.79 Å². The third-order valence-corrected chi connectivity index (χ3v) is 5.89. The Kier molecular flexibility index (Phi) is 5.68. The predicted octanol–water partition coefficient (Wildman–Crippen LogP) is 4.73. The van der Waals surface area contributed by atoms with E-state index in [1.807, 2.05) is 80.6 Å². The van der Waals surface area contributed by atoms with Crippen molar-refractivity contribution in [1.82, 2.24) is 9.55 Å². The Morgan fingerprint density at radius 1 is 0.967 bits per heavy atom. The normalized spacial score (nSPS) is 10.9. The van der Waals surface area contributed by atoms with Crippen LogP contribution in [0, 0.1) is 13.8 Å². The first-order valence-electron chi connectivity index (χ1n) is 9.60. The van der Waals surface area contributed by atoms with E-state index in [-0.39, 0.29) is 17.2 Å². The van der Waals surface area contributed by atoms with E-state index in [4.69, 9.17) is 4.98 Å². The molecule has 0 saturated heterocycles. The minimum absolute atomic E-state index is 0.139. The topological polar surface area (TPSA) is 64.0 Å². The number of fused-ring (bicyclic) bond motifs is 1. The molecule has 0 fully saturated rings. The van der Waals surface area contributed by atoms with Crippen LogP contribution in [0.15, 0.2) is 82.7 Å². The van der Waals surface area contributed by atoms with Crippen LogP contribution in [0.25, 0.3) is 16.6 Å². The number of hydrogen-bond donors (Lipinski definition) is 1. The summed E-state index contributed by atoms with van der Waals surface area (Å²) in [7, 11) is 0. The molecule has 3 aromatic carbocycles. The minimum atomic E-state index is -0.152. The fourth-order valence-corrected chi connectivity index (χ4v) is 4.05. The fourth-order valence-electron chi connectivity index (χ4n) is 3.25. The second-order valence-electron chi connectivity index (χ2n) is 6.97. The highest BCUT2D eigenvalue weighted by atomic mass is 32.2. The first-order chi connectivity index (χ1) is 14.5. The number of nitrogens with one attached hydrogen (secondary N) is 1. The maximum atomic E-state index is 13.4. The molecule has 4 aromatic rings. The molecule has 1 heterocycles. The van der Waals surface area contributed by atoms with Crippen LogP contribution in [0.4, 0.5) is 5.69 Å². The molecule has 0 aliphatic rings. The summed E-state index contributed by atoms with van der Waals surface area (Å²) in [5.41, 5.74) is 4.10. The van der Waals surface area contributed by atoms with Gasteiger partial charge >= 0.3 is 0 Å². The van der Waals surface area contributed by atoms with Gasteiger partial charge in [0.15, 0.2) is 5.16 Å². The van der Waals surface area contributed by atoms with Crippen molar-refractivity contribution >= 4 is 34.3 Å². The van der Waals surface area contributed by atoms with Crippen LogP contribution < -0.4 is 10.9 Å². The number of nitrogens with zero attached hydrogens (tertiary/aromatic N) is 2. The van der Waals surface area contributed by atoms with E-state index in [1.165, 1.54) is 11.8 Å². The van der Waals surface area contributed by atoms with E-state index < -0.39 is 0 Å². The lowest BCUT2D eigenvalue weighted by molar-refractivity contribution is -0.113. The van der Waals surface area contributed by atoms with Crippen LogP contribution >= 0.6 is 11.8 Å². The van der Waals surface area contributed by atoms with Gasteiger partial charge in [-0.3, -0.25) is 14.2 Å². The standard InChI is InChI=1S/C24H21N3O2S/c1-16-9-8-14-21(17(16)2)27-23(29)19-12-6-7-13-20(19)26-24(27)30-15-22(28)25-18-10-4-3-5-11-18/h3-14H,15H2,1-2H3,(H,25,28). The number of benzene rings is 3. The molecule has 0 aliphatic carbocycles. The van der Waals surface area contributed by atoms with E-state index in [0.717, 1.165) is 22.5 Å². The Morgan fingerprint density at radius 3 is 2.50 bits per heavy atom. The van der Waals surface area contributed by atoms with Gasteiger partial charge in [0.1, 0.15) is 0 Å². The number of aromatic nitrogens is 2. The Balaban J connectivity index is 1.74. The van der Waals surface area contributed by atoms with Crippen molar-refractivity contribution in [3.05, 3.63) is 94.3 Å². The molecule has 0 spiro atoms. The Labute approximate surface area is 178 Å². The summed E-state index contributed by atoms with van der Waals surface area (Å²) in [6, 6.07) is 22.4. The lowest BCUT2D eigenvalue weighted by Crippen LogP contribution is -2.23. The molecule has 0 bridgehead atoms. The molecule has 1 aromatic heterocycles. The molecule has 150 valence electrons. The summed E-state index contributed by atoms with van der Waals surface area (Å²) in [5, 5.41) is 3.92. The number of amides is 1. The quantitative estimate of drug-likeness (QED) is 0.378. The Bertz CT molecular complexity index is 1280. The first-order valence-corrected chi connectivity index (χ1v) is 10.6. The smallest absolute Gasteiger partial charge is 0.266 e. The van der Waals surface area contributed by atoms with Crippen molar-refractivity contribution in [2.24, 2.45) is 0 Å². The van der Waals surface area contributed by atoms with Gasteiger partial charge in [0, 0.05) is 5.69 Å². The van der Waals surface area contributed by atoms with Gasteiger partial charge in [-0.1, -0.05) is 54.2 Å². The number of hydrogen-bond acceptors (Lipinski definition) is 4. The van der Waals surface area contributed by atoms with Crippen LogP contribution in [0.3, 0.4) is 0 Å². The molecule has 1 N–H and O–H groups in total. The number of thioether (sulfide) groups is 1. The van der Waals surface area contributed by atoms with Crippen LogP contribution in [-0.4, -0.2) is 21.2 Å². The number of carbonyl (C=O) groups excluding carboxylic acids is 1. The average Bonchev–Trinajstić information content (AvgIpc) is 2.75. The highest BCUT2D eigenvalue weighted by molar-refractivity contribution is 7.99. The van der Waals surface area contributed by atoms with Crippen molar-refractivity contribution in [2.75, 3.05) is 11.1 Å². The molecule has 6 heteroatoms. The molecule has 5 nitrogen and oxygen atoms in total. The van der Waals surface area contributed by atoms with E-state index in [0.29, 0.717) is 16.1 Å².